The second-order valence-corrected chi connectivity index (χ2v) is 3.14. The van der Waals surface area contributed by atoms with Gasteiger partial charge in [0.1, 0.15) is 0 Å². The molecule has 0 aliphatic rings. The third kappa shape index (κ3) is 4.20. The van der Waals surface area contributed by atoms with Crippen molar-refractivity contribution in [3.05, 3.63) is 30.3 Å². The molecule has 0 saturated heterocycles. The highest BCUT2D eigenvalue weighted by molar-refractivity contribution is 5.42. The molecule has 0 aliphatic heterocycles. The second kappa shape index (κ2) is 5.02. The number of para-hydroxylation sites is 1. The summed E-state index contributed by atoms with van der Waals surface area (Å²) in [6.07, 6.45) is -7.13. The first-order chi connectivity index (χ1) is 7.00. The number of anilines is 1. The molecule has 0 bridgehead atoms. The molecule has 1 aromatic carbocycles. The highest BCUT2D eigenvalue weighted by Crippen LogP contribution is 2.22. The minimum absolute atomic E-state index is 0.0880. The van der Waals surface area contributed by atoms with Gasteiger partial charge in [0, 0.05) is 12.2 Å². The fraction of sp³-hybridized carbons (Fsp3) is 0.400. The molecule has 84 valence electrons. The van der Waals surface area contributed by atoms with Crippen LogP contribution >= 0.6 is 0 Å². The van der Waals surface area contributed by atoms with Gasteiger partial charge in [-0.1, -0.05) is 18.2 Å². The van der Waals surface area contributed by atoms with Crippen molar-refractivity contribution < 1.29 is 18.3 Å². The van der Waals surface area contributed by atoms with Gasteiger partial charge in [0.15, 0.2) is 6.10 Å². The van der Waals surface area contributed by atoms with Gasteiger partial charge in [0.2, 0.25) is 0 Å². The van der Waals surface area contributed by atoms with Gasteiger partial charge in [-0.15, -0.1) is 0 Å². The molecule has 0 fully saturated rings. The van der Waals surface area contributed by atoms with Crippen molar-refractivity contribution in [1.29, 1.82) is 0 Å². The van der Waals surface area contributed by atoms with E-state index >= 15 is 0 Å². The van der Waals surface area contributed by atoms with Crippen LogP contribution < -0.4 is 5.32 Å². The molecule has 0 amide bonds. The number of benzene rings is 1. The van der Waals surface area contributed by atoms with Gasteiger partial charge in [-0.3, -0.25) is 0 Å². The monoisotopic (exact) mass is 219 g/mol. The fourth-order valence-electron chi connectivity index (χ4n) is 1.07. The van der Waals surface area contributed by atoms with E-state index in [2.05, 4.69) is 5.32 Å². The smallest absolute Gasteiger partial charge is 0.385 e. The molecule has 0 heterocycles. The lowest BCUT2D eigenvalue weighted by atomic mass is 10.2. The molecule has 0 aliphatic carbocycles. The summed E-state index contributed by atoms with van der Waals surface area (Å²) >= 11 is 0. The Kier molecular flexibility index (Phi) is 3.96. The maximum atomic E-state index is 11.9. The van der Waals surface area contributed by atoms with Crippen molar-refractivity contribution >= 4 is 5.69 Å². The number of aliphatic hydroxyl groups excluding tert-OH is 1. The van der Waals surface area contributed by atoms with Crippen LogP contribution in [0.2, 0.25) is 0 Å². The Hall–Kier alpha value is -1.23. The summed E-state index contributed by atoms with van der Waals surface area (Å²) in [6, 6.07) is 8.88. The molecule has 5 heteroatoms. The number of rotatable bonds is 4. The van der Waals surface area contributed by atoms with Gasteiger partial charge in [0.05, 0.1) is 0 Å². The summed E-state index contributed by atoms with van der Waals surface area (Å²) in [5.74, 6) is 0. The van der Waals surface area contributed by atoms with Crippen molar-refractivity contribution in [3.8, 4) is 0 Å². The largest absolute Gasteiger partial charge is 0.414 e. The first-order valence-corrected chi connectivity index (χ1v) is 4.54. The molecular weight excluding hydrogens is 207 g/mol. The van der Waals surface area contributed by atoms with Crippen LogP contribution in [-0.4, -0.2) is 23.9 Å². The molecule has 1 atom stereocenters. The molecule has 0 unspecified atom stereocenters. The van der Waals surface area contributed by atoms with Crippen LogP contribution in [0.4, 0.5) is 18.9 Å². The maximum absolute atomic E-state index is 11.9. The lowest BCUT2D eigenvalue weighted by Gasteiger charge is -2.14. The van der Waals surface area contributed by atoms with Crippen LogP contribution in [0.5, 0.6) is 0 Å². The van der Waals surface area contributed by atoms with Crippen LogP contribution in [0.3, 0.4) is 0 Å². The fourth-order valence-corrected chi connectivity index (χ4v) is 1.07. The number of alkyl halides is 3. The van der Waals surface area contributed by atoms with Gasteiger partial charge in [-0.05, 0) is 18.6 Å². The molecule has 2 nitrogen and oxygen atoms in total. The van der Waals surface area contributed by atoms with Crippen LogP contribution in [0, 0.1) is 0 Å². The van der Waals surface area contributed by atoms with E-state index in [-0.39, 0.29) is 13.0 Å². The summed E-state index contributed by atoms with van der Waals surface area (Å²) in [5, 5.41) is 11.5. The van der Waals surface area contributed by atoms with Crippen molar-refractivity contribution in [3.63, 3.8) is 0 Å². The Bertz CT molecular complexity index is 286. The molecule has 0 radical (unpaired) electrons. The van der Waals surface area contributed by atoms with Gasteiger partial charge >= 0.3 is 6.18 Å². The van der Waals surface area contributed by atoms with E-state index < -0.39 is 12.3 Å². The standard InChI is InChI=1S/C10H12F3NO/c11-10(12,13)9(15)6-7-14-8-4-2-1-3-5-8/h1-5,9,14-15H,6-7H2/t9-/m0/s1. The van der Waals surface area contributed by atoms with Crippen molar-refractivity contribution in [1.82, 2.24) is 0 Å². The minimum atomic E-state index is -4.53. The molecule has 1 rings (SSSR count). The number of halogens is 3. The molecular formula is C10H12F3NO. The highest BCUT2D eigenvalue weighted by Gasteiger charge is 2.37. The Morgan fingerprint density at radius 1 is 1.20 bits per heavy atom. The summed E-state index contributed by atoms with van der Waals surface area (Å²) in [5.41, 5.74) is 0.742. The van der Waals surface area contributed by atoms with Crippen LogP contribution in [-0.2, 0) is 0 Å². The zero-order valence-corrected chi connectivity index (χ0v) is 7.96. The SMILES string of the molecule is O[C@@H](CCNc1ccccc1)C(F)(F)F. The van der Waals surface area contributed by atoms with E-state index in [1.54, 1.807) is 24.3 Å². The Morgan fingerprint density at radius 2 is 1.80 bits per heavy atom. The quantitative estimate of drug-likeness (QED) is 0.815. The Morgan fingerprint density at radius 3 is 2.33 bits per heavy atom. The molecule has 0 aromatic heterocycles. The molecule has 2 N–H and O–H groups in total. The number of hydrogen-bond donors (Lipinski definition) is 2. The highest BCUT2D eigenvalue weighted by atomic mass is 19.4. The van der Waals surface area contributed by atoms with Crippen LogP contribution in [0.1, 0.15) is 6.42 Å². The number of hydrogen-bond acceptors (Lipinski definition) is 2. The normalized spacial score (nSPS) is 13.6. The van der Waals surface area contributed by atoms with Crippen molar-refractivity contribution in [2.45, 2.75) is 18.7 Å². The molecule has 15 heavy (non-hydrogen) atoms. The van der Waals surface area contributed by atoms with E-state index in [4.69, 9.17) is 5.11 Å². The zero-order valence-electron chi connectivity index (χ0n) is 7.96. The van der Waals surface area contributed by atoms with E-state index in [0.717, 1.165) is 5.69 Å². The average molecular weight is 219 g/mol. The van der Waals surface area contributed by atoms with E-state index in [0.29, 0.717) is 0 Å². The summed E-state index contributed by atoms with van der Waals surface area (Å²) in [6.45, 7) is 0.0880. The molecule has 0 spiro atoms. The van der Waals surface area contributed by atoms with Crippen molar-refractivity contribution in [2.75, 3.05) is 11.9 Å². The first-order valence-electron chi connectivity index (χ1n) is 4.54. The van der Waals surface area contributed by atoms with Crippen LogP contribution in [0.25, 0.3) is 0 Å². The zero-order chi connectivity index (χ0) is 11.3. The average Bonchev–Trinajstić information content (AvgIpc) is 2.18. The van der Waals surface area contributed by atoms with E-state index in [1.807, 2.05) is 6.07 Å². The maximum Gasteiger partial charge on any atom is 0.414 e. The summed E-state index contributed by atoms with van der Waals surface area (Å²) < 4.78 is 35.7. The van der Waals surface area contributed by atoms with Gasteiger partial charge in [-0.2, -0.15) is 13.2 Å². The summed E-state index contributed by atoms with van der Waals surface area (Å²) in [4.78, 5) is 0. The van der Waals surface area contributed by atoms with E-state index in [1.165, 1.54) is 0 Å². The van der Waals surface area contributed by atoms with Gasteiger partial charge in [-0.25, -0.2) is 0 Å². The third-order valence-corrected chi connectivity index (χ3v) is 1.90. The number of nitrogens with one attached hydrogen (secondary N) is 1. The predicted octanol–water partition coefficient (Wildman–Crippen LogP) is 2.41. The topological polar surface area (TPSA) is 32.3 Å². The van der Waals surface area contributed by atoms with Gasteiger partial charge < -0.3 is 10.4 Å². The second-order valence-electron chi connectivity index (χ2n) is 3.14. The lowest BCUT2D eigenvalue weighted by Crippen LogP contribution is -2.30. The predicted molar refractivity (Wildman–Crippen MR) is 51.6 cm³/mol. The third-order valence-electron chi connectivity index (χ3n) is 1.90. The van der Waals surface area contributed by atoms with Crippen molar-refractivity contribution in [2.24, 2.45) is 0 Å². The van der Waals surface area contributed by atoms with E-state index in [9.17, 15) is 13.2 Å². The van der Waals surface area contributed by atoms with Gasteiger partial charge in [0.25, 0.3) is 0 Å². The molecule has 1 aromatic rings. The molecule has 0 saturated carbocycles. The first kappa shape index (κ1) is 11.8. The Balaban J connectivity index is 2.28. The lowest BCUT2D eigenvalue weighted by molar-refractivity contribution is -0.204. The Labute approximate surface area is 85.7 Å². The number of aliphatic hydroxyl groups is 1. The summed E-state index contributed by atoms with van der Waals surface area (Å²) in [7, 11) is 0. The van der Waals surface area contributed by atoms with Crippen LogP contribution in [0.15, 0.2) is 30.3 Å². The minimum Gasteiger partial charge on any atom is -0.385 e.